The van der Waals surface area contributed by atoms with Gasteiger partial charge in [-0.2, -0.15) is 0 Å². The molecule has 0 atom stereocenters. The third-order valence-electron chi connectivity index (χ3n) is 1.56. The number of nitrogens with one attached hydrogen (secondary N) is 1. The van der Waals surface area contributed by atoms with Crippen LogP contribution in [0.4, 0.5) is 0 Å². The molecule has 14 heavy (non-hydrogen) atoms. The number of hydrogen-bond donors (Lipinski definition) is 1. The lowest BCUT2D eigenvalue weighted by molar-refractivity contribution is 1.02. The summed E-state index contributed by atoms with van der Waals surface area (Å²) in [7, 11) is 0. The molecule has 0 saturated heterocycles. The molecule has 0 aromatic carbocycles. The fourth-order valence-corrected chi connectivity index (χ4v) is 2.00. The van der Waals surface area contributed by atoms with Crippen LogP contribution in [0.25, 0.3) is 10.6 Å². The van der Waals surface area contributed by atoms with Crippen LogP contribution >= 0.6 is 34.2 Å². The van der Waals surface area contributed by atoms with Gasteiger partial charge in [0.25, 0.3) is 5.56 Å². The Morgan fingerprint density at radius 1 is 1.50 bits per heavy atom. The Bertz CT molecular complexity index is 557. The molecule has 0 aliphatic carbocycles. The molecule has 0 unspecified atom stereocenters. The van der Waals surface area contributed by atoms with Gasteiger partial charge in [0.2, 0.25) is 0 Å². The smallest absolute Gasteiger partial charge is 0.273 e. The summed E-state index contributed by atoms with van der Waals surface area (Å²) in [4.78, 5) is 28.6. The lowest BCUT2D eigenvalue weighted by atomic mass is 10.3. The Morgan fingerprint density at radius 3 is 2.93 bits per heavy atom. The molecule has 0 spiro atoms. The Kier molecular flexibility index (Phi) is 2.50. The van der Waals surface area contributed by atoms with Crippen molar-refractivity contribution in [2.45, 2.75) is 0 Å². The third-order valence-corrected chi connectivity index (χ3v) is 3.09. The number of aromatic amines is 1. The minimum atomic E-state index is -0.434. The summed E-state index contributed by atoms with van der Waals surface area (Å²) in [6.45, 7) is 0. The second kappa shape index (κ2) is 3.65. The van der Waals surface area contributed by atoms with Crippen LogP contribution in [0.2, 0.25) is 0 Å². The Morgan fingerprint density at radius 2 is 2.29 bits per heavy atom. The molecule has 0 saturated carbocycles. The van der Waals surface area contributed by atoms with E-state index in [4.69, 9.17) is 0 Å². The minimum absolute atomic E-state index is 0.405. The molecule has 0 fully saturated rings. The maximum Gasteiger partial charge on any atom is 0.337 e. The van der Waals surface area contributed by atoms with Gasteiger partial charge in [0, 0.05) is 17.8 Å². The molecule has 1 N–H and O–H groups in total. The van der Waals surface area contributed by atoms with Gasteiger partial charge in [-0.3, -0.25) is 9.78 Å². The second-order valence-corrected chi connectivity index (χ2v) is 4.38. The largest absolute Gasteiger partial charge is 0.337 e. The van der Waals surface area contributed by atoms with Crippen molar-refractivity contribution < 1.29 is 0 Å². The molecule has 7 heteroatoms. The highest BCUT2D eigenvalue weighted by atomic mass is 127. The molecule has 5 nitrogen and oxygen atoms in total. The quantitative estimate of drug-likeness (QED) is 0.792. The van der Waals surface area contributed by atoms with Gasteiger partial charge in [-0.25, -0.2) is 12.6 Å². The van der Waals surface area contributed by atoms with Crippen LogP contribution in [0, 0.1) is 0 Å². The first-order valence-electron chi connectivity index (χ1n) is 3.60. The van der Waals surface area contributed by atoms with E-state index in [1.54, 1.807) is 34.4 Å². The molecule has 2 aromatic heterocycles. The summed E-state index contributed by atoms with van der Waals surface area (Å²) in [6, 6.07) is 0. The lowest BCUT2D eigenvalue weighted by Crippen LogP contribution is -2.26. The van der Waals surface area contributed by atoms with Crippen LogP contribution in [-0.2, 0) is 0 Å². The first kappa shape index (κ1) is 9.59. The van der Waals surface area contributed by atoms with Crippen LogP contribution in [0.1, 0.15) is 0 Å². The topological polar surface area (TPSA) is 67.8 Å². The average Bonchev–Trinajstić information content (AvgIpc) is 2.64. The maximum atomic E-state index is 11.4. The van der Waals surface area contributed by atoms with Crippen molar-refractivity contribution in [3.8, 4) is 10.6 Å². The molecule has 2 rings (SSSR count). The Hall–Kier alpha value is -0.960. The monoisotopic (exact) mass is 321 g/mol. The average molecular weight is 321 g/mol. The van der Waals surface area contributed by atoms with Crippen molar-refractivity contribution in [1.29, 1.82) is 0 Å². The molecular formula is C7H4IN3O2S. The van der Waals surface area contributed by atoms with Gasteiger partial charge in [-0.1, -0.05) is 0 Å². The van der Waals surface area contributed by atoms with Gasteiger partial charge in [-0.05, 0) is 0 Å². The number of aromatic nitrogens is 3. The van der Waals surface area contributed by atoms with Crippen molar-refractivity contribution in [2.24, 2.45) is 0 Å². The number of thiazole rings is 1. The summed E-state index contributed by atoms with van der Waals surface area (Å²) >= 11 is 3.16. The van der Waals surface area contributed by atoms with Crippen LogP contribution < -0.4 is 11.2 Å². The SMILES string of the molecule is O=c1[nH]c(=O)n(I)cc1-c1nccs1. The Balaban J connectivity index is 2.72. The van der Waals surface area contributed by atoms with Gasteiger partial charge in [0.15, 0.2) is 0 Å². The summed E-state index contributed by atoms with van der Waals surface area (Å²) in [6.07, 6.45) is 3.09. The van der Waals surface area contributed by atoms with E-state index in [9.17, 15) is 9.59 Å². The fourth-order valence-electron chi connectivity index (χ4n) is 0.957. The van der Waals surface area contributed by atoms with E-state index < -0.39 is 11.2 Å². The molecule has 0 aliphatic rings. The first-order valence-corrected chi connectivity index (χ1v) is 5.45. The zero-order valence-electron chi connectivity index (χ0n) is 6.73. The molecule has 0 radical (unpaired) electrons. The Labute approximate surface area is 95.9 Å². The van der Waals surface area contributed by atoms with Gasteiger partial charge in [0.1, 0.15) is 5.01 Å². The highest BCUT2D eigenvalue weighted by Crippen LogP contribution is 2.16. The minimum Gasteiger partial charge on any atom is -0.273 e. The van der Waals surface area contributed by atoms with E-state index in [2.05, 4.69) is 9.97 Å². The number of halogens is 1. The summed E-state index contributed by atoms with van der Waals surface area (Å²) < 4.78 is 1.29. The maximum absolute atomic E-state index is 11.4. The van der Waals surface area contributed by atoms with Gasteiger partial charge in [-0.15, -0.1) is 11.3 Å². The predicted octanol–water partition coefficient (Wildman–Crippen LogP) is 0.858. The van der Waals surface area contributed by atoms with E-state index in [1.165, 1.54) is 20.3 Å². The number of hydrogen-bond acceptors (Lipinski definition) is 4. The van der Waals surface area contributed by atoms with Crippen LogP contribution in [0.15, 0.2) is 27.4 Å². The van der Waals surface area contributed by atoms with Gasteiger partial charge in [0.05, 0.1) is 28.4 Å². The van der Waals surface area contributed by atoms with Crippen molar-refractivity contribution >= 4 is 34.2 Å². The zero-order valence-corrected chi connectivity index (χ0v) is 9.70. The van der Waals surface area contributed by atoms with Crippen molar-refractivity contribution in [1.82, 2.24) is 12.7 Å². The molecule has 0 bridgehead atoms. The van der Waals surface area contributed by atoms with Crippen molar-refractivity contribution in [2.75, 3.05) is 0 Å². The highest BCUT2D eigenvalue weighted by molar-refractivity contribution is 14.1. The third kappa shape index (κ3) is 1.64. The molecule has 2 aromatic rings. The summed E-state index contributed by atoms with van der Waals surface area (Å²) in [5, 5.41) is 2.38. The molecule has 0 amide bonds. The van der Waals surface area contributed by atoms with Gasteiger partial charge >= 0.3 is 5.69 Å². The van der Waals surface area contributed by atoms with Crippen LogP contribution in [0.5, 0.6) is 0 Å². The molecule has 72 valence electrons. The standard InChI is InChI=1S/C7H4IN3O2S/c8-11-3-4(5(12)10-7(11)13)6-9-1-2-14-6/h1-3H,(H,10,12,13). The normalized spacial score (nSPS) is 10.4. The van der Waals surface area contributed by atoms with E-state index >= 15 is 0 Å². The van der Waals surface area contributed by atoms with E-state index in [-0.39, 0.29) is 0 Å². The highest BCUT2D eigenvalue weighted by Gasteiger charge is 2.07. The van der Waals surface area contributed by atoms with E-state index in [1.807, 2.05) is 0 Å². The predicted molar refractivity (Wildman–Crippen MR) is 61.8 cm³/mol. The van der Waals surface area contributed by atoms with E-state index in [0.717, 1.165) is 0 Å². The number of H-pyrrole nitrogens is 1. The van der Waals surface area contributed by atoms with Crippen LogP contribution in [0.3, 0.4) is 0 Å². The number of nitrogens with zero attached hydrogens (tertiary/aromatic N) is 2. The lowest BCUT2D eigenvalue weighted by Gasteiger charge is -1.96. The molecule has 0 aliphatic heterocycles. The molecular weight excluding hydrogens is 317 g/mol. The van der Waals surface area contributed by atoms with Crippen molar-refractivity contribution in [3.05, 3.63) is 38.6 Å². The summed E-state index contributed by atoms with van der Waals surface area (Å²) in [5.74, 6) is 0. The van der Waals surface area contributed by atoms with Crippen LogP contribution in [-0.4, -0.2) is 12.7 Å². The van der Waals surface area contributed by atoms with E-state index in [0.29, 0.717) is 10.6 Å². The zero-order chi connectivity index (χ0) is 10.1. The second-order valence-electron chi connectivity index (χ2n) is 2.45. The van der Waals surface area contributed by atoms with Gasteiger partial charge < -0.3 is 0 Å². The fraction of sp³-hybridized carbons (Fsp3) is 0. The number of rotatable bonds is 1. The summed E-state index contributed by atoms with van der Waals surface area (Å²) in [5.41, 5.74) is -0.428. The van der Waals surface area contributed by atoms with Crippen molar-refractivity contribution in [3.63, 3.8) is 0 Å². The molecule has 2 heterocycles. The first-order chi connectivity index (χ1) is 6.68.